The van der Waals surface area contributed by atoms with Crippen molar-refractivity contribution in [1.29, 1.82) is 0 Å². The van der Waals surface area contributed by atoms with Crippen LogP contribution in [0.25, 0.3) is 11.0 Å². The summed E-state index contributed by atoms with van der Waals surface area (Å²) in [4.78, 5) is 29.2. The fourth-order valence-electron chi connectivity index (χ4n) is 3.07. The van der Waals surface area contributed by atoms with Gasteiger partial charge in [0.2, 0.25) is 0 Å². The number of carbonyl (C=O) groups excluding carboxylic acids is 1. The monoisotopic (exact) mass is 340 g/mol. The third-order valence-corrected chi connectivity index (χ3v) is 4.44. The maximum atomic E-state index is 12.3. The van der Waals surface area contributed by atoms with E-state index in [4.69, 9.17) is 4.74 Å². The first kappa shape index (κ1) is 15.5. The zero-order valence-electron chi connectivity index (χ0n) is 14.0. The Hall–Kier alpha value is -3.03. The number of hydrogen-bond donors (Lipinski definition) is 3. The first-order valence-corrected chi connectivity index (χ1v) is 8.29. The lowest BCUT2D eigenvalue weighted by Gasteiger charge is -2.26. The summed E-state index contributed by atoms with van der Waals surface area (Å²) in [7, 11) is 1.64. The first-order valence-electron chi connectivity index (χ1n) is 8.29. The van der Waals surface area contributed by atoms with Crippen LogP contribution < -0.4 is 10.1 Å². The average Bonchev–Trinajstić information content (AvgIpc) is 3.26. The number of amides is 2. The summed E-state index contributed by atoms with van der Waals surface area (Å²) in [6, 6.07) is 5.66. The van der Waals surface area contributed by atoms with Crippen molar-refractivity contribution in [2.24, 2.45) is 0 Å². The minimum atomic E-state index is -0.0574. The van der Waals surface area contributed by atoms with Crippen LogP contribution in [0.15, 0.2) is 24.5 Å². The quantitative estimate of drug-likeness (QED) is 0.672. The molecule has 0 saturated heterocycles. The number of H-pyrrole nitrogens is 2. The van der Waals surface area contributed by atoms with Gasteiger partial charge < -0.3 is 24.9 Å². The van der Waals surface area contributed by atoms with Gasteiger partial charge in [0.1, 0.15) is 11.6 Å². The van der Waals surface area contributed by atoms with Gasteiger partial charge in [-0.2, -0.15) is 0 Å². The van der Waals surface area contributed by atoms with Crippen LogP contribution in [-0.2, 0) is 19.4 Å². The lowest BCUT2D eigenvalue weighted by molar-refractivity contribution is 0.191. The van der Waals surface area contributed by atoms with E-state index in [1.807, 2.05) is 18.2 Å². The van der Waals surface area contributed by atoms with E-state index < -0.39 is 0 Å². The van der Waals surface area contributed by atoms with Crippen molar-refractivity contribution in [3.05, 3.63) is 41.7 Å². The van der Waals surface area contributed by atoms with Gasteiger partial charge in [-0.05, 0) is 12.1 Å². The molecule has 0 bridgehead atoms. The number of nitrogens with one attached hydrogen (secondary N) is 3. The number of imidazole rings is 2. The highest BCUT2D eigenvalue weighted by Gasteiger charge is 2.21. The molecule has 0 unspecified atom stereocenters. The largest absolute Gasteiger partial charge is 0.497 e. The zero-order chi connectivity index (χ0) is 17.2. The van der Waals surface area contributed by atoms with Gasteiger partial charge in [-0.3, -0.25) is 0 Å². The molecular weight excluding hydrogens is 320 g/mol. The molecule has 0 radical (unpaired) electrons. The van der Waals surface area contributed by atoms with Crippen LogP contribution >= 0.6 is 0 Å². The summed E-state index contributed by atoms with van der Waals surface area (Å²) >= 11 is 0. The third-order valence-electron chi connectivity index (χ3n) is 4.44. The van der Waals surface area contributed by atoms with Crippen LogP contribution in [0.1, 0.15) is 17.2 Å². The van der Waals surface area contributed by atoms with Gasteiger partial charge in [-0.25, -0.2) is 14.8 Å². The Balaban J connectivity index is 1.32. The van der Waals surface area contributed by atoms with Gasteiger partial charge in [-0.1, -0.05) is 0 Å². The first-order chi connectivity index (χ1) is 12.2. The van der Waals surface area contributed by atoms with Gasteiger partial charge in [0.25, 0.3) is 0 Å². The number of aromatic amines is 2. The van der Waals surface area contributed by atoms with Gasteiger partial charge in [0.05, 0.1) is 42.4 Å². The number of carbonyl (C=O) groups is 1. The van der Waals surface area contributed by atoms with E-state index in [-0.39, 0.29) is 6.03 Å². The number of methoxy groups -OCH3 is 1. The second-order valence-corrected chi connectivity index (χ2v) is 6.05. The van der Waals surface area contributed by atoms with Crippen LogP contribution in [0.2, 0.25) is 0 Å². The maximum Gasteiger partial charge on any atom is 0.317 e. The number of nitrogens with zero attached hydrogens (tertiary/aromatic N) is 3. The number of ether oxygens (including phenoxy) is 1. The lowest BCUT2D eigenvalue weighted by atomic mass is 10.1. The van der Waals surface area contributed by atoms with E-state index >= 15 is 0 Å². The number of benzene rings is 1. The van der Waals surface area contributed by atoms with Crippen LogP contribution in [-0.4, -0.2) is 51.1 Å². The average molecular weight is 340 g/mol. The summed E-state index contributed by atoms with van der Waals surface area (Å²) in [6.07, 6.45) is 3.12. The van der Waals surface area contributed by atoms with Crippen molar-refractivity contribution >= 4 is 17.1 Å². The molecule has 1 aromatic carbocycles. The summed E-state index contributed by atoms with van der Waals surface area (Å²) < 4.78 is 5.21. The summed E-state index contributed by atoms with van der Waals surface area (Å²) in [5, 5.41) is 2.96. The minimum absolute atomic E-state index is 0.0574. The standard InChI is InChI=1S/C17H20N6O2/c1-25-11-2-3-13-14(8-11)22-16(21-13)4-6-18-17(24)23-7-5-12-15(9-23)20-10-19-12/h2-3,8,10H,4-7,9H2,1H3,(H,18,24)(H,19,20)(H,21,22). The Bertz CT molecular complexity index is 900. The molecule has 0 spiro atoms. The van der Waals surface area contributed by atoms with Gasteiger partial charge in [0, 0.05) is 32.0 Å². The van der Waals surface area contributed by atoms with Gasteiger partial charge >= 0.3 is 6.03 Å². The van der Waals surface area contributed by atoms with E-state index in [1.165, 1.54) is 0 Å². The van der Waals surface area contributed by atoms with Gasteiger partial charge in [0.15, 0.2) is 0 Å². The van der Waals surface area contributed by atoms with Crippen molar-refractivity contribution in [3.8, 4) is 5.75 Å². The summed E-state index contributed by atoms with van der Waals surface area (Å²) in [5.41, 5.74) is 3.91. The number of rotatable bonds is 4. The van der Waals surface area contributed by atoms with Crippen molar-refractivity contribution < 1.29 is 9.53 Å². The molecule has 25 heavy (non-hydrogen) atoms. The number of hydrogen-bond acceptors (Lipinski definition) is 4. The Morgan fingerprint density at radius 2 is 2.36 bits per heavy atom. The molecule has 3 heterocycles. The molecule has 2 amide bonds. The molecule has 0 fully saturated rings. The third kappa shape index (κ3) is 3.15. The highest BCUT2D eigenvalue weighted by Crippen LogP contribution is 2.19. The molecule has 8 heteroatoms. The lowest BCUT2D eigenvalue weighted by Crippen LogP contribution is -2.43. The SMILES string of the molecule is COc1ccc2nc(CCNC(=O)N3CCc4nc[nH]c4C3)[nH]c2c1. The van der Waals surface area contributed by atoms with Crippen molar-refractivity contribution in [3.63, 3.8) is 0 Å². The van der Waals surface area contributed by atoms with E-state index in [0.29, 0.717) is 26.1 Å². The molecule has 0 saturated carbocycles. The Morgan fingerprint density at radius 3 is 3.24 bits per heavy atom. The predicted molar refractivity (Wildman–Crippen MR) is 92.5 cm³/mol. The van der Waals surface area contributed by atoms with Crippen molar-refractivity contribution in [1.82, 2.24) is 30.2 Å². The minimum Gasteiger partial charge on any atom is -0.497 e. The molecule has 3 aromatic rings. The molecule has 1 aliphatic heterocycles. The molecule has 4 rings (SSSR count). The highest BCUT2D eigenvalue weighted by molar-refractivity contribution is 5.77. The molecular formula is C17H20N6O2. The molecule has 130 valence electrons. The second kappa shape index (κ2) is 6.46. The topological polar surface area (TPSA) is 98.9 Å². The summed E-state index contributed by atoms with van der Waals surface area (Å²) in [6.45, 7) is 1.79. The Morgan fingerprint density at radius 1 is 1.44 bits per heavy atom. The molecule has 2 aromatic heterocycles. The van der Waals surface area contributed by atoms with Crippen LogP contribution in [0, 0.1) is 0 Å². The van der Waals surface area contributed by atoms with Crippen LogP contribution in [0.3, 0.4) is 0 Å². The van der Waals surface area contributed by atoms with E-state index in [1.54, 1.807) is 18.3 Å². The van der Waals surface area contributed by atoms with Crippen LogP contribution in [0.5, 0.6) is 5.75 Å². The zero-order valence-corrected chi connectivity index (χ0v) is 14.0. The molecule has 0 aliphatic carbocycles. The number of fused-ring (bicyclic) bond motifs is 2. The number of urea groups is 1. The number of aromatic nitrogens is 4. The molecule has 1 aliphatic rings. The maximum absolute atomic E-state index is 12.3. The van der Waals surface area contributed by atoms with Crippen molar-refractivity contribution in [2.75, 3.05) is 20.2 Å². The second-order valence-electron chi connectivity index (χ2n) is 6.05. The van der Waals surface area contributed by atoms with E-state index in [9.17, 15) is 4.79 Å². The normalized spacial score (nSPS) is 13.7. The fourth-order valence-corrected chi connectivity index (χ4v) is 3.07. The van der Waals surface area contributed by atoms with Gasteiger partial charge in [-0.15, -0.1) is 0 Å². The molecule has 8 nitrogen and oxygen atoms in total. The molecule has 3 N–H and O–H groups in total. The fraction of sp³-hybridized carbons (Fsp3) is 0.353. The van der Waals surface area contributed by atoms with E-state index in [0.717, 1.165) is 40.4 Å². The smallest absolute Gasteiger partial charge is 0.317 e. The van der Waals surface area contributed by atoms with E-state index in [2.05, 4.69) is 25.3 Å². The van der Waals surface area contributed by atoms with Crippen LogP contribution in [0.4, 0.5) is 4.79 Å². The molecule has 0 atom stereocenters. The highest BCUT2D eigenvalue weighted by atomic mass is 16.5. The Labute approximate surface area is 144 Å². The van der Waals surface area contributed by atoms with Crippen molar-refractivity contribution in [2.45, 2.75) is 19.4 Å². The summed E-state index contributed by atoms with van der Waals surface area (Å²) in [5.74, 6) is 1.64. The predicted octanol–water partition coefficient (Wildman–Crippen LogP) is 1.60. The Kier molecular flexibility index (Phi) is 4.01.